The number of benzene rings is 2. The molecule has 0 spiro atoms. The lowest BCUT2D eigenvalue weighted by molar-refractivity contribution is -0.118. The minimum absolute atomic E-state index is 0.221. The van der Waals surface area contributed by atoms with Gasteiger partial charge in [0.1, 0.15) is 11.6 Å². The molecule has 3 heterocycles. The van der Waals surface area contributed by atoms with E-state index in [-0.39, 0.29) is 18.0 Å². The fourth-order valence-corrected chi connectivity index (χ4v) is 4.60. The van der Waals surface area contributed by atoms with Gasteiger partial charge in [0.25, 0.3) is 5.91 Å². The third-order valence-electron chi connectivity index (χ3n) is 6.18. The lowest BCUT2D eigenvalue weighted by atomic mass is 9.94. The number of nitrogens with two attached hydrogens (primary N) is 1. The van der Waals surface area contributed by atoms with Crippen LogP contribution in [-0.2, 0) is 11.8 Å². The van der Waals surface area contributed by atoms with Crippen molar-refractivity contribution in [2.45, 2.75) is 32.9 Å². The van der Waals surface area contributed by atoms with Crippen LogP contribution < -0.4 is 21.7 Å². The van der Waals surface area contributed by atoms with Crippen molar-refractivity contribution in [2.24, 2.45) is 12.0 Å². The van der Waals surface area contributed by atoms with Crippen molar-refractivity contribution in [2.75, 3.05) is 11.1 Å². The molecule has 11 heteroatoms. The molecule has 0 saturated heterocycles. The third kappa shape index (κ3) is 4.88. The minimum Gasteiger partial charge on any atom is -0.421 e. The van der Waals surface area contributed by atoms with Crippen molar-refractivity contribution in [3.8, 4) is 0 Å². The Morgan fingerprint density at radius 1 is 1.27 bits per heavy atom. The highest BCUT2D eigenvalue weighted by Gasteiger charge is 2.32. The van der Waals surface area contributed by atoms with Gasteiger partial charge in [-0.2, -0.15) is 10.1 Å². The molecule has 0 fully saturated rings. The number of aryl methyl sites for hydroxylation is 2. The number of nitrogens with zero attached hydrogens (tertiary/aromatic N) is 4. The SMILES string of the molecule is CC1=C(C(=O)NC(C)c2cnn(C)c2)C(c2ccc(C)cc2Cl)N=C(Nc2nc3cccc(N)c3o2)N1. The molecular formula is C26H27ClN8O2. The van der Waals surface area contributed by atoms with Crippen molar-refractivity contribution in [1.29, 1.82) is 0 Å². The van der Waals surface area contributed by atoms with Crippen molar-refractivity contribution in [3.63, 3.8) is 0 Å². The second-order valence-corrected chi connectivity index (χ2v) is 9.46. The van der Waals surface area contributed by atoms with Crippen LogP contribution in [0.2, 0.25) is 5.02 Å². The fraction of sp³-hybridized carbons (Fsp3) is 0.231. The van der Waals surface area contributed by atoms with Gasteiger partial charge in [-0.15, -0.1) is 0 Å². The first kappa shape index (κ1) is 24.4. The molecule has 10 nitrogen and oxygen atoms in total. The zero-order chi connectivity index (χ0) is 26.3. The molecule has 0 bridgehead atoms. The summed E-state index contributed by atoms with van der Waals surface area (Å²) in [5.41, 5.74) is 11.3. The lowest BCUT2D eigenvalue weighted by Crippen LogP contribution is -2.39. The van der Waals surface area contributed by atoms with E-state index in [1.165, 1.54) is 0 Å². The van der Waals surface area contributed by atoms with Gasteiger partial charge >= 0.3 is 6.01 Å². The van der Waals surface area contributed by atoms with Gasteiger partial charge < -0.3 is 20.8 Å². The molecule has 5 rings (SSSR count). The number of nitrogens with one attached hydrogen (secondary N) is 3. The van der Waals surface area contributed by atoms with Gasteiger partial charge in [0.15, 0.2) is 5.58 Å². The maximum Gasteiger partial charge on any atom is 0.302 e. The van der Waals surface area contributed by atoms with Crippen LogP contribution in [0.5, 0.6) is 0 Å². The number of aromatic nitrogens is 3. The van der Waals surface area contributed by atoms with Gasteiger partial charge in [-0.25, -0.2) is 4.99 Å². The number of carbonyl (C=O) groups is 1. The Morgan fingerprint density at radius 3 is 2.78 bits per heavy atom. The number of rotatable bonds is 5. The van der Waals surface area contributed by atoms with Gasteiger partial charge in [0.2, 0.25) is 5.96 Å². The molecule has 0 aliphatic carbocycles. The summed E-state index contributed by atoms with van der Waals surface area (Å²) in [7, 11) is 1.83. The van der Waals surface area contributed by atoms with Crippen LogP contribution in [0.3, 0.4) is 0 Å². The largest absolute Gasteiger partial charge is 0.421 e. The number of guanidine groups is 1. The van der Waals surface area contributed by atoms with E-state index in [1.807, 2.05) is 58.3 Å². The van der Waals surface area contributed by atoms with E-state index in [0.29, 0.717) is 44.6 Å². The van der Waals surface area contributed by atoms with Crippen molar-refractivity contribution >= 4 is 46.3 Å². The zero-order valence-electron chi connectivity index (χ0n) is 20.8. The molecule has 4 aromatic rings. The first-order chi connectivity index (χ1) is 17.7. The van der Waals surface area contributed by atoms with Crippen molar-refractivity contribution in [3.05, 3.63) is 81.8 Å². The van der Waals surface area contributed by atoms with E-state index in [4.69, 9.17) is 26.7 Å². The summed E-state index contributed by atoms with van der Waals surface area (Å²) in [5, 5.41) is 14.0. The Morgan fingerprint density at radius 2 is 2.08 bits per heavy atom. The molecule has 2 unspecified atom stereocenters. The lowest BCUT2D eigenvalue weighted by Gasteiger charge is -2.28. The normalized spacial score (nSPS) is 16.4. The molecule has 1 aliphatic heterocycles. The summed E-state index contributed by atoms with van der Waals surface area (Å²) in [6, 6.07) is 10.3. The highest BCUT2D eigenvalue weighted by molar-refractivity contribution is 6.31. The average molecular weight is 519 g/mol. The fourth-order valence-electron chi connectivity index (χ4n) is 4.26. The molecule has 0 radical (unpaired) electrons. The molecule has 37 heavy (non-hydrogen) atoms. The van der Waals surface area contributed by atoms with Crippen LogP contribution >= 0.6 is 11.6 Å². The summed E-state index contributed by atoms with van der Waals surface area (Å²) in [6.45, 7) is 5.68. The Kier molecular flexibility index (Phi) is 6.34. The molecule has 5 N–H and O–H groups in total. The summed E-state index contributed by atoms with van der Waals surface area (Å²) < 4.78 is 7.49. The van der Waals surface area contributed by atoms with Crippen LogP contribution in [0.1, 0.15) is 42.6 Å². The standard InChI is InChI=1S/C26H27ClN8O2/c1-13-8-9-17(18(27)10-13)22-21(24(36)30-14(2)16-11-29-35(4)12-16)15(3)31-25(33-22)34-26-32-20-7-5-6-19(28)23(20)37-26/h5-12,14,22H,28H2,1-4H3,(H,30,36)(H2,31,32,33,34). The molecule has 2 aromatic carbocycles. The minimum atomic E-state index is -0.674. The van der Waals surface area contributed by atoms with Crippen LogP contribution in [-0.4, -0.2) is 26.6 Å². The Labute approximate surface area is 218 Å². The summed E-state index contributed by atoms with van der Waals surface area (Å²) in [5.74, 6) is 0.0987. The second-order valence-electron chi connectivity index (χ2n) is 9.05. The predicted octanol–water partition coefficient (Wildman–Crippen LogP) is 4.37. The van der Waals surface area contributed by atoms with Crippen molar-refractivity contribution < 1.29 is 9.21 Å². The van der Waals surface area contributed by atoms with Crippen molar-refractivity contribution in [1.82, 2.24) is 25.4 Å². The molecule has 2 aromatic heterocycles. The number of anilines is 2. The monoisotopic (exact) mass is 518 g/mol. The van der Waals surface area contributed by atoms with E-state index in [2.05, 4.69) is 26.0 Å². The molecular weight excluding hydrogens is 492 g/mol. The van der Waals surface area contributed by atoms with E-state index in [9.17, 15) is 4.79 Å². The third-order valence-corrected chi connectivity index (χ3v) is 6.51. The Balaban J connectivity index is 1.48. The first-order valence-corrected chi connectivity index (χ1v) is 12.1. The number of fused-ring (bicyclic) bond motifs is 1. The number of hydrogen-bond acceptors (Lipinski definition) is 8. The smallest absolute Gasteiger partial charge is 0.302 e. The molecule has 190 valence electrons. The topological polar surface area (TPSA) is 135 Å². The van der Waals surface area contributed by atoms with Gasteiger partial charge in [-0.3, -0.25) is 14.8 Å². The highest BCUT2D eigenvalue weighted by Crippen LogP contribution is 2.36. The van der Waals surface area contributed by atoms with Gasteiger partial charge in [-0.05, 0) is 44.5 Å². The van der Waals surface area contributed by atoms with E-state index < -0.39 is 6.04 Å². The number of hydrogen-bond donors (Lipinski definition) is 4. The molecule has 1 amide bonds. The highest BCUT2D eigenvalue weighted by atomic mass is 35.5. The average Bonchev–Trinajstić information content (AvgIpc) is 3.45. The summed E-state index contributed by atoms with van der Waals surface area (Å²) >= 11 is 6.64. The molecule has 2 atom stereocenters. The van der Waals surface area contributed by atoms with Gasteiger partial charge in [0.05, 0.1) is 23.5 Å². The van der Waals surface area contributed by atoms with Crippen LogP contribution in [0.15, 0.2) is 69.5 Å². The number of oxazole rings is 1. The number of halogens is 1. The number of nitrogen functional groups attached to an aromatic ring is 1. The van der Waals surface area contributed by atoms with Crippen LogP contribution in [0, 0.1) is 6.92 Å². The summed E-state index contributed by atoms with van der Waals surface area (Å²) in [6.07, 6.45) is 3.60. The number of carbonyl (C=O) groups excluding carboxylic acids is 1. The van der Waals surface area contributed by atoms with E-state index >= 15 is 0 Å². The maximum absolute atomic E-state index is 13.6. The molecule has 1 aliphatic rings. The zero-order valence-corrected chi connectivity index (χ0v) is 21.6. The van der Waals surface area contributed by atoms with E-state index in [1.54, 1.807) is 23.0 Å². The van der Waals surface area contributed by atoms with Crippen LogP contribution in [0.4, 0.5) is 11.7 Å². The second kappa shape index (κ2) is 9.62. The Bertz CT molecular complexity index is 1570. The van der Waals surface area contributed by atoms with Crippen LogP contribution in [0.25, 0.3) is 11.1 Å². The Hall–Kier alpha value is -4.31. The van der Waals surface area contributed by atoms with Gasteiger partial charge in [0, 0.05) is 35.1 Å². The number of amides is 1. The number of aliphatic imine (C=N–C) groups is 1. The summed E-state index contributed by atoms with van der Waals surface area (Å²) in [4.78, 5) is 22.8. The number of para-hydroxylation sites is 1. The first-order valence-electron chi connectivity index (χ1n) is 11.7. The predicted molar refractivity (Wildman–Crippen MR) is 144 cm³/mol. The number of allylic oxidation sites excluding steroid dienone is 1. The molecule has 0 saturated carbocycles. The maximum atomic E-state index is 13.6. The quantitative estimate of drug-likeness (QED) is 0.288. The van der Waals surface area contributed by atoms with Gasteiger partial charge in [-0.1, -0.05) is 29.8 Å². The van der Waals surface area contributed by atoms with E-state index in [0.717, 1.165) is 11.1 Å².